The molecule has 0 bridgehead atoms. The first-order valence-corrected chi connectivity index (χ1v) is 9.36. The Bertz CT molecular complexity index is 758. The molecular formula is C19H25ClN4O2. The van der Waals surface area contributed by atoms with Crippen molar-refractivity contribution in [2.45, 2.75) is 44.8 Å². The van der Waals surface area contributed by atoms with Gasteiger partial charge in [-0.1, -0.05) is 23.7 Å². The predicted octanol–water partition coefficient (Wildman–Crippen LogP) is 3.76. The van der Waals surface area contributed by atoms with Gasteiger partial charge in [-0.2, -0.15) is 0 Å². The molecule has 1 heterocycles. The third-order valence-electron chi connectivity index (χ3n) is 4.45. The highest BCUT2D eigenvalue weighted by molar-refractivity contribution is 6.33. The van der Waals surface area contributed by atoms with Crippen LogP contribution in [0.25, 0.3) is 11.4 Å². The van der Waals surface area contributed by atoms with Gasteiger partial charge in [0, 0.05) is 36.9 Å². The van der Waals surface area contributed by atoms with Crippen LogP contribution in [0, 0.1) is 0 Å². The maximum atomic E-state index is 11.2. The van der Waals surface area contributed by atoms with Crippen molar-refractivity contribution < 1.29 is 9.53 Å². The minimum absolute atomic E-state index is 0.193. The van der Waals surface area contributed by atoms with Crippen LogP contribution in [0.3, 0.4) is 0 Å². The van der Waals surface area contributed by atoms with Crippen LogP contribution in [-0.4, -0.2) is 35.3 Å². The van der Waals surface area contributed by atoms with Crippen LogP contribution in [0.15, 0.2) is 30.5 Å². The molecule has 1 atom stereocenters. The first-order chi connectivity index (χ1) is 12.6. The summed E-state index contributed by atoms with van der Waals surface area (Å²) < 4.78 is 6.71. The van der Waals surface area contributed by atoms with Crippen molar-refractivity contribution >= 4 is 17.7 Å². The van der Waals surface area contributed by atoms with Gasteiger partial charge >= 0.3 is 6.09 Å². The zero-order chi connectivity index (χ0) is 18.5. The SMILES string of the molecule is COC(=O)NCCCn1cc(C(C)NC2CC2)nc1-c1ccccc1Cl. The zero-order valence-corrected chi connectivity index (χ0v) is 15.9. The molecule has 1 fully saturated rings. The second kappa shape index (κ2) is 8.56. The zero-order valence-electron chi connectivity index (χ0n) is 15.2. The third kappa shape index (κ3) is 4.77. The van der Waals surface area contributed by atoms with E-state index in [4.69, 9.17) is 16.6 Å². The van der Waals surface area contributed by atoms with E-state index in [0.29, 0.717) is 17.6 Å². The van der Waals surface area contributed by atoms with E-state index in [1.165, 1.54) is 20.0 Å². The van der Waals surface area contributed by atoms with E-state index in [2.05, 4.69) is 33.1 Å². The third-order valence-corrected chi connectivity index (χ3v) is 4.78. The number of ether oxygens (including phenoxy) is 1. The molecule has 26 heavy (non-hydrogen) atoms. The summed E-state index contributed by atoms with van der Waals surface area (Å²) in [7, 11) is 1.36. The van der Waals surface area contributed by atoms with E-state index < -0.39 is 6.09 Å². The van der Waals surface area contributed by atoms with Gasteiger partial charge in [-0.05, 0) is 38.3 Å². The van der Waals surface area contributed by atoms with E-state index >= 15 is 0 Å². The van der Waals surface area contributed by atoms with Crippen LogP contribution in [0.2, 0.25) is 5.02 Å². The molecular weight excluding hydrogens is 352 g/mol. The first kappa shape index (κ1) is 18.7. The largest absolute Gasteiger partial charge is 0.453 e. The number of aromatic nitrogens is 2. The molecule has 0 radical (unpaired) electrons. The predicted molar refractivity (Wildman–Crippen MR) is 102 cm³/mol. The number of nitrogens with one attached hydrogen (secondary N) is 2. The first-order valence-electron chi connectivity index (χ1n) is 8.98. The minimum Gasteiger partial charge on any atom is -0.453 e. The number of nitrogens with zero attached hydrogens (tertiary/aromatic N) is 2. The lowest BCUT2D eigenvalue weighted by Crippen LogP contribution is -2.24. The summed E-state index contributed by atoms with van der Waals surface area (Å²) in [6.07, 6.45) is 4.91. The Morgan fingerprint density at radius 2 is 2.19 bits per heavy atom. The summed E-state index contributed by atoms with van der Waals surface area (Å²) in [6.45, 7) is 3.41. The van der Waals surface area contributed by atoms with Crippen molar-refractivity contribution in [1.29, 1.82) is 0 Å². The van der Waals surface area contributed by atoms with Crippen LogP contribution < -0.4 is 10.6 Å². The van der Waals surface area contributed by atoms with Crippen molar-refractivity contribution in [3.05, 3.63) is 41.2 Å². The summed E-state index contributed by atoms with van der Waals surface area (Å²) in [4.78, 5) is 16.0. The molecule has 140 valence electrons. The van der Waals surface area contributed by atoms with Crippen LogP contribution in [-0.2, 0) is 11.3 Å². The average Bonchev–Trinajstić information content (AvgIpc) is 3.35. The number of rotatable bonds is 8. The highest BCUT2D eigenvalue weighted by Crippen LogP contribution is 2.29. The lowest BCUT2D eigenvalue weighted by Gasteiger charge is -2.09. The fourth-order valence-electron chi connectivity index (χ4n) is 2.87. The van der Waals surface area contributed by atoms with Gasteiger partial charge < -0.3 is 19.9 Å². The van der Waals surface area contributed by atoms with Crippen LogP contribution in [0.4, 0.5) is 4.79 Å². The summed E-state index contributed by atoms with van der Waals surface area (Å²) >= 11 is 6.39. The van der Waals surface area contributed by atoms with Crippen molar-refractivity contribution in [1.82, 2.24) is 20.2 Å². The second-order valence-corrected chi connectivity index (χ2v) is 7.00. The molecule has 0 spiro atoms. The standard InChI is InChI=1S/C19H25ClN4O2/c1-13(22-14-8-9-14)17-12-24(11-5-10-21-19(25)26-2)18(23-17)15-6-3-4-7-16(15)20/h3-4,6-7,12-14,22H,5,8-11H2,1-2H3,(H,21,25). The summed E-state index contributed by atoms with van der Waals surface area (Å²) in [6, 6.07) is 8.54. The van der Waals surface area contributed by atoms with E-state index in [0.717, 1.165) is 30.0 Å². The van der Waals surface area contributed by atoms with E-state index in [1.54, 1.807) is 0 Å². The smallest absolute Gasteiger partial charge is 0.406 e. The number of imidazole rings is 1. The van der Waals surface area contributed by atoms with Crippen molar-refractivity contribution in [3.8, 4) is 11.4 Å². The van der Waals surface area contributed by atoms with Crippen LogP contribution >= 0.6 is 11.6 Å². The molecule has 1 aliphatic rings. The molecule has 1 aromatic carbocycles. The molecule has 2 N–H and O–H groups in total. The second-order valence-electron chi connectivity index (χ2n) is 6.60. The topological polar surface area (TPSA) is 68.2 Å². The molecule has 1 unspecified atom stereocenters. The molecule has 0 saturated heterocycles. The van der Waals surface area contributed by atoms with Gasteiger partial charge in [0.2, 0.25) is 0 Å². The number of halogens is 1. The molecule has 1 aliphatic carbocycles. The number of methoxy groups -OCH3 is 1. The summed E-state index contributed by atoms with van der Waals surface area (Å²) in [5.74, 6) is 0.855. The number of amides is 1. The van der Waals surface area contributed by atoms with Crippen LogP contribution in [0.5, 0.6) is 0 Å². The Balaban J connectivity index is 1.77. The van der Waals surface area contributed by atoms with Crippen molar-refractivity contribution in [2.75, 3.05) is 13.7 Å². The Hall–Kier alpha value is -2.05. The van der Waals surface area contributed by atoms with Crippen LogP contribution in [0.1, 0.15) is 37.9 Å². The number of hydrogen-bond acceptors (Lipinski definition) is 4. The summed E-state index contributed by atoms with van der Waals surface area (Å²) in [5, 5.41) is 6.97. The van der Waals surface area contributed by atoms with Gasteiger partial charge in [-0.25, -0.2) is 9.78 Å². The van der Waals surface area contributed by atoms with Gasteiger partial charge in [-0.15, -0.1) is 0 Å². The number of carbonyl (C=O) groups excluding carboxylic acids is 1. The maximum Gasteiger partial charge on any atom is 0.406 e. The van der Waals surface area contributed by atoms with Gasteiger partial charge in [0.25, 0.3) is 0 Å². The molecule has 7 heteroatoms. The highest BCUT2D eigenvalue weighted by atomic mass is 35.5. The monoisotopic (exact) mass is 376 g/mol. The number of aryl methyl sites for hydroxylation is 1. The quantitative estimate of drug-likeness (QED) is 0.688. The summed E-state index contributed by atoms with van der Waals surface area (Å²) in [5.41, 5.74) is 1.92. The van der Waals surface area contributed by atoms with E-state index in [9.17, 15) is 4.79 Å². The normalized spacial score (nSPS) is 14.9. The van der Waals surface area contributed by atoms with Gasteiger partial charge in [0.05, 0.1) is 17.8 Å². The van der Waals surface area contributed by atoms with Gasteiger partial charge in [0.15, 0.2) is 0 Å². The molecule has 2 aromatic rings. The fourth-order valence-corrected chi connectivity index (χ4v) is 3.09. The van der Waals surface area contributed by atoms with Crippen molar-refractivity contribution in [3.63, 3.8) is 0 Å². The molecule has 1 amide bonds. The van der Waals surface area contributed by atoms with Crippen molar-refractivity contribution in [2.24, 2.45) is 0 Å². The lowest BCUT2D eigenvalue weighted by molar-refractivity contribution is 0.171. The Morgan fingerprint density at radius 1 is 1.42 bits per heavy atom. The number of benzene rings is 1. The Kier molecular flexibility index (Phi) is 6.16. The Labute approximate surface area is 158 Å². The molecule has 0 aliphatic heterocycles. The van der Waals surface area contributed by atoms with E-state index in [1.807, 2.05) is 24.3 Å². The fraction of sp³-hybridized carbons (Fsp3) is 0.474. The highest BCUT2D eigenvalue weighted by Gasteiger charge is 2.25. The van der Waals surface area contributed by atoms with Gasteiger partial charge in [0.1, 0.15) is 5.82 Å². The number of carbonyl (C=O) groups is 1. The van der Waals surface area contributed by atoms with Gasteiger partial charge in [-0.3, -0.25) is 0 Å². The average molecular weight is 377 g/mol. The van der Waals surface area contributed by atoms with E-state index in [-0.39, 0.29) is 6.04 Å². The lowest BCUT2D eigenvalue weighted by atomic mass is 10.2. The molecule has 6 nitrogen and oxygen atoms in total. The Morgan fingerprint density at radius 3 is 2.88 bits per heavy atom. The number of alkyl carbamates (subject to hydrolysis) is 1. The minimum atomic E-state index is -0.412. The number of hydrogen-bond donors (Lipinski definition) is 2. The molecule has 1 saturated carbocycles. The maximum absolute atomic E-state index is 11.2. The molecule has 3 rings (SSSR count). The molecule has 1 aromatic heterocycles.